The highest BCUT2D eigenvalue weighted by Gasteiger charge is 2.24. The first-order chi connectivity index (χ1) is 14.1. The summed E-state index contributed by atoms with van der Waals surface area (Å²) in [5.74, 6) is -2.56. The van der Waals surface area contributed by atoms with Gasteiger partial charge in [-0.25, -0.2) is 8.78 Å². The Bertz CT molecular complexity index is 1040. The van der Waals surface area contributed by atoms with E-state index in [1.807, 2.05) is 0 Å². The van der Waals surface area contributed by atoms with Gasteiger partial charge in [0.1, 0.15) is 22.5 Å². The molecule has 1 aromatic heterocycles. The van der Waals surface area contributed by atoms with E-state index in [1.54, 1.807) is 0 Å². The molecule has 2 aromatic rings. The van der Waals surface area contributed by atoms with Crippen molar-refractivity contribution in [1.82, 2.24) is 0 Å². The summed E-state index contributed by atoms with van der Waals surface area (Å²) in [6.45, 7) is 5.82. The number of allylic oxidation sites excluding steroid dienone is 2. The third kappa shape index (κ3) is 5.81. The average Bonchev–Trinajstić information content (AvgIpc) is 3.00. The van der Waals surface area contributed by atoms with Gasteiger partial charge < -0.3 is 32.7 Å². The molecule has 10 heteroatoms. The van der Waals surface area contributed by atoms with Crippen molar-refractivity contribution in [3.05, 3.63) is 64.6 Å². The quantitative estimate of drug-likeness (QED) is 0.356. The fourth-order valence-corrected chi connectivity index (χ4v) is 3.64. The van der Waals surface area contributed by atoms with Crippen molar-refractivity contribution in [3.63, 3.8) is 0 Å². The van der Waals surface area contributed by atoms with E-state index in [4.69, 9.17) is 17.2 Å². The molecule has 0 aliphatic rings. The minimum absolute atomic E-state index is 0.0128. The van der Waals surface area contributed by atoms with E-state index in [0.717, 1.165) is 23.5 Å². The maximum Gasteiger partial charge on any atom is 0.251 e. The number of nitrogens with two attached hydrogens (primary N) is 3. The molecule has 0 spiro atoms. The summed E-state index contributed by atoms with van der Waals surface area (Å²) in [7, 11) is 0. The third-order valence-electron chi connectivity index (χ3n) is 4.40. The molecule has 0 atom stereocenters. The van der Waals surface area contributed by atoms with Crippen LogP contribution >= 0.6 is 11.3 Å². The molecule has 168 valence electrons. The second-order valence-corrected chi connectivity index (χ2v) is 9.07. The molecule has 0 aliphatic carbocycles. The Morgan fingerprint density at radius 1 is 1.03 bits per heavy atom. The zero-order valence-electron chi connectivity index (χ0n) is 17.6. The molecule has 9 N–H and O–H groups in total. The number of rotatable bonds is 7. The van der Waals surface area contributed by atoms with Gasteiger partial charge in [-0.05, 0) is 63.6 Å². The number of thiophene rings is 1. The van der Waals surface area contributed by atoms with Crippen molar-refractivity contribution >= 4 is 22.2 Å². The lowest BCUT2D eigenvalue weighted by Crippen LogP contribution is -2.27. The van der Waals surface area contributed by atoms with Crippen LogP contribution in [0.2, 0.25) is 0 Å². The van der Waals surface area contributed by atoms with Crippen LogP contribution in [-0.2, 0) is 5.60 Å². The molecule has 1 aromatic carbocycles. The number of halogens is 2. The SMILES string of the molecule is CC(C)(O)/C(N)=C/C=C(\N)Nc1sc(-c2c(F)cc(C(C)(C)O)cc2F)cc1C(N)=O. The Morgan fingerprint density at radius 3 is 2.03 bits per heavy atom. The molecule has 1 amide bonds. The van der Waals surface area contributed by atoms with Gasteiger partial charge >= 0.3 is 0 Å². The maximum absolute atomic E-state index is 14.7. The van der Waals surface area contributed by atoms with E-state index in [9.17, 15) is 23.8 Å². The zero-order valence-corrected chi connectivity index (χ0v) is 18.4. The van der Waals surface area contributed by atoms with Crippen molar-refractivity contribution in [2.24, 2.45) is 17.2 Å². The predicted molar refractivity (Wildman–Crippen MR) is 118 cm³/mol. The van der Waals surface area contributed by atoms with Gasteiger partial charge in [-0.2, -0.15) is 0 Å². The van der Waals surface area contributed by atoms with E-state index in [2.05, 4.69) is 5.32 Å². The highest BCUT2D eigenvalue weighted by molar-refractivity contribution is 7.19. The molecule has 0 saturated heterocycles. The van der Waals surface area contributed by atoms with Crippen LogP contribution in [0.1, 0.15) is 43.6 Å². The van der Waals surface area contributed by atoms with Crippen LogP contribution in [0.4, 0.5) is 13.8 Å². The average molecular weight is 453 g/mol. The number of nitrogens with one attached hydrogen (secondary N) is 1. The number of hydrogen-bond donors (Lipinski definition) is 6. The van der Waals surface area contributed by atoms with Crippen LogP contribution in [0.25, 0.3) is 10.4 Å². The van der Waals surface area contributed by atoms with Crippen molar-refractivity contribution in [2.75, 3.05) is 5.32 Å². The van der Waals surface area contributed by atoms with Gasteiger partial charge in [-0.3, -0.25) is 4.79 Å². The van der Waals surface area contributed by atoms with Gasteiger partial charge in [0.2, 0.25) is 0 Å². The van der Waals surface area contributed by atoms with Crippen LogP contribution in [-0.4, -0.2) is 21.7 Å². The molecule has 1 heterocycles. The molecular weight excluding hydrogens is 426 g/mol. The predicted octanol–water partition coefficient (Wildman–Crippen LogP) is 2.85. The summed E-state index contributed by atoms with van der Waals surface area (Å²) in [6.07, 6.45) is 2.76. The molecule has 0 bridgehead atoms. The number of primary amides is 1. The standard InChI is InChI=1S/C21H26F2N4O3S/c1-20(2,29)10-7-12(22)17(13(23)8-10)14-9-11(18(26)28)19(31-14)27-16(25)6-5-15(24)21(3,4)30/h5-9,27,29-30H,24-25H2,1-4H3,(H2,26,28)/b15-5-,16-6+. The normalized spacial score (nSPS) is 13.4. The molecular formula is C21H26F2N4O3S. The number of carbonyl (C=O) groups excluding carboxylic acids is 1. The number of benzene rings is 1. The first-order valence-corrected chi connectivity index (χ1v) is 10.0. The van der Waals surface area contributed by atoms with Gasteiger partial charge in [0.25, 0.3) is 5.91 Å². The van der Waals surface area contributed by atoms with E-state index >= 15 is 0 Å². The topological polar surface area (TPSA) is 148 Å². The fourth-order valence-electron chi connectivity index (χ4n) is 2.51. The number of aliphatic hydroxyl groups is 2. The molecule has 31 heavy (non-hydrogen) atoms. The molecule has 0 fully saturated rings. The van der Waals surface area contributed by atoms with Gasteiger partial charge in [-0.15, -0.1) is 11.3 Å². The fraction of sp³-hybridized carbons (Fsp3) is 0.286. The van der Waals surface area contributed by atoms with Gasteiger partial charge in [0, 0.05) is 10.6 Å². The molecule has 0 aliphatic heterocycles. The summed E-state index contributed by atoms with van der Waals surface area (Å²) in [4.78, 5) is 11.9. The van der Waals surface area contributed by atoms with Crippen LogP contribution in [0, 0.1) is 11.6 Å². The van der Waals surface area contributed by atoms with E-state index in [-0.39, 0.29) is 38.1 Å². The summed E-state index contributed by atoms with van der Waals surface area (Å²) in [5, 5.41) is 22.8. The summed E-state index contributed by atoms with van der Waals surface area (Å²) >= 11 is 0.874. The Balaban J connectivity index is 2.47. The molecule has 7 nitrogen and oxygen atoms in total. The second-order valence-electron chi connectivity index (χ2n) is 8.02. The van der Waals surface area contributed by atoms with Crippen LogP contribution in [0.3, 0.4) is 0 Å². The number of amides is 1. The molecule has 2 rings (SSSR count). The van der Waals surface area contributed by atoms with E-state index in [0.29, 0.717) is 0 Å². The van der Waals surface area contributed by atoms with Crippen LogP contribution in [0.5, 0.6) is 0 Å². The lowest BCUT2D eigenvalue weighted by atomic mass is 9.96. The molecule has 0 radical (unpaired) electrons. The smallest absolute Gasteiger partial charge is 0.251 e. The van der Waals surface area contributed by atoms with Crippen molar-refractivity contribution in [3.8, 4) is 10.4 Å². The van der Waals surface area contributed by atoms with Gasteiger partial charge in [0.05, 0.1) is 22.3 Å². The van der Waals surface area contributed by atoms with Gasteiger partial charge in [0.15, 0.2) is 0 Å². The Kier molecular flexibility index (Phi) is 6.79. The minimum Gasteiger partial charge on any atom is -0.400 e. The second kappa shape index (κ2) is 8.66. The molecule has 0 saturated carbocycles. The first-order valence-electron chi connectivity index (χ1n) is 9.20. The van der Waals surface area contributed by atoms with Crippen molar-refractivity contribution in [1.29, 1.82) is 0 Å². The Labute approximate surface area is 182 Å². The number of hydrogen-bond acceptors (Lipinski definition) is 7. The Morgan fingerprint density at radius 2 is 1.58 bits per heavy atom. The number of carbonyl (C=O) groups is 1. The first kappa shape index (κ1) is 24.3. The lowest BCUT2D eigenvalue weighted by molar-refractivity contribution is 0.0778. The maximum atomic E-state index is 14.7. The molecule has 0 unspecified atom stereocenters. The summed E-state index contributed by atoms with van der Waals surface area (Å²) < 4.78 is 29.4. The van der Waals surface area contributed by atoms with E-state index in [1.165, 1.54) is 45.9 Å². The van der Waals surface area contributed by atoms with E-state index < -0.39 is 28.7 Å². The zero-order chi connectivity index (χ0) is 23.7. The highest BCUT2D eigenvalue weighted by Crippen LogP contribution is 2.39. The van der Waals surface area contributed by atoms with Crippen LogP contribution < -0.4 is 22.5 Å². The lowest BCUT2D eigenvalue weighted by Gasteiger charge is -2.18. The largest absolute Gasteiger partial charge is 0.400 e. The monoisotopic (exact) mass is 452 g/mol. The minimum atomic E-state index is -1.43. The van der Waals surface area contributed by atoms with Gasteiger partial charge in [-0.1, -0.05) is 0 Å². The number of anilines is 1. The summed E-state index contributed by atoms with van der Waals surface area (Å²) in [5.41, 5.74) is 14.2. The van der Waals surface area contributed by atoms with Crippen LogP contribution in [0.15, 0.2) is 41.9 Å². The highest BCUT2D eigenvalue weighted by atomic mass is 32.1. The Hall–Kier alpha value is -2.95. The van der Waals surface area contributed by atoms with Crippen molar-refractivity contribution in [2.45, 2.75) is 38.9 Å². The summed E-state index contributed by atoms with van der Waals surface area (Å²) in [6, 6.07) is 3.33. The van der Waals surface area contributed by atoms with Crippen molar-refractivity contribution < 1.29 is 23.8 Å². The third-order valence-corrected chi connectivity index (χ3v) is 5.47.